The SMILES string of the molecule is COc1cc(C#CCCSC(C)=O)ccc1C#N. The van der Waals surface area contributed by atoms with Gasteiger partial charge in [0.15, 0.2) is 5.12 Å². The van der Waals surface area contributed by atoms with Crippen molar-refractivity contribution in [3.05, 3.63) is 29.3 Å². The second kappa shape index (κ2) is 7.42. The van der Waals surface area contributed by atoms with Crippen molar-refractivity contribution >= 4 is 16.9 Å². The van der Waals surface area contributed by atoms with Crippen LogP contribution >= 0.6 is 11.8 Å². The van der Waals surface area contributed by atoms with Crippen LogP contribution in [0.2, 0.25) is 0 Å². The van der Waals surface area contributed by atoms with Gasteiger partial charge in [0.25, 0.3) is 0 Å². The summed E-state index contributed by atoms with van der Waals surface area (Å²) >= 11 is 1.27. The monoisotopic (exact) mass is 259 g/mol. The Morgan fingerprint density at radius 1 is 1.50 bits per heavy atom. The van der Waals surface area contributed by atoms with Crippen LogP contribution in [0.25, 0.3) is 0 Å². The van der Waals surface area contributed by atoms with E-state index >= 15 is 0 Å². The molecule has 0 aliphatic rings. The maximum atomic E-state index is 10.7. The highest BCUT2D eigenvalue weighted by Gasteiger charge is 2.01. The molecule has 0 N–H and O–H groups in total. The highest BCUT2D eigenvalue weighted by Crippen LogP contribution is 2.18. The van der Waals surface area contributed by atoms with Gasteiger partial charge in [0.1, 0.15) is 11.8 Å². The third kappa shape index (κ3) is 4.53. The number of nitriles is 1. The molecule has 0 fully saturated rings. The third-order valence-corrected chi connectivity index (χ3v) is 2.90. The Balaban J connectivity index is 2.66. The number of ether oxygens (including phenoxy) is 1. The van der Waals surface area contributed by atoms with Crippen molar-refractivity contribution in [3.63, 3.8) is 0 Å². The predicted octanol–water partition coefficient (Wildman–Crippen LogP) is 2.59. The Labute approximate surface area is 111 Å². The van der Waals surface area contributed by atoms with E-state index in [1.165, 1.54) is 18.9 Å². The standard InChI is InChI=1S/C14H13NO2S/c1-11(16)18-8-4-3-5-12-6-7-13(10-15)14(9-12)17-2/h6-7,9H,4,8H2,1-2H3. The minimum absolute atomic E-state index is 0.108. The predicted molar refractivity (Wildman–Crippen MR) is 72.3 cm³/mol. The minimum atomic E-state index is 0.108. The first kappa shape index (κ1) is 14.2. The number of carbonyl (C=O) groups is 1. The summed E-state index contributed by atoms with van der Waals surface area (Å²) in [7, 11) is 1.52. The summed E-state index contributed by atoms with van der Waals surface area (Å²) < 4.78 is 5.10. The fourth-order valence-corrected chi connectivity index (χ4v) is 1.76. The number of rotatable bonds is 3. The van der Waals surface area contributed by atoms with E-state index in [1.54, 1.807) is 25.1 Å². The van der Waals surface area contributed by atoms with E-state index in [1.807, 2.05) is 6.07 Å². The van der Waals surface area contributed by atoms with E-state index in [2.05, 4.69) is 11.8 Å². The van der Waals surface area contributed by atoms with Crippen molar-refractivity contribution in [3.8, 4) is 23.7 Å². The summed E-state index contributed by atoms with van der Waals surface area (Å²) in [4.78, 5) is 10.7. The molecule has 3 nitrogen and oxygen atoms in total. The molecule has 0 spiro atoms. The molecule has 0 heterocycles. The second-order valence-electron chi connectivity index (χ2n) is 3.42. The Morgan fingerprint density at radius 2 is 2.28 bits per heavy atom. The first-order valence-corrected chi connectivity index (χ1v) is 6.36. The molecule has 92 valence electrons. The third-order valence-electron chi connectivity index (χ3n) is 2.09. The maximum Gasteiger partial charge on any atom is 0.185 e. The number of carbonyl (C=O) groups excluding carboxylic acids is 1. The van der Waals surface area contributed by atoms with Crippen molar-refractivity contribution in [1.82, 2.24) is 0 Å². The zero-order valence-electron chi connectivity index (χ0n) is 10.3. The molecule has 4 heteroatoms. The number of nitrogens with zero attached hydrogens (tertiary/aromatic N) is 1. The Morgan fingerprint density at radius 3 is 2.89 bits per heavy atom. The molecule has 1 aromatic carbocycles. The molecule has 0 aliphatic carbocycles. The maximum absolute atomic E-state index is 10.7. The Hall–Kier alpha value is -1.91. The van der Waals surface area contributed by atoms with E-state index in [-0.39, 0.29) is 5.12 Å². The molecular formula is C14H13NO2S. The van der Waals surface area contributed by atoms with Gasteiger partial charge in [-0.25, -0.2) is 0 Å². The summed E-state index contributed by atoms with van der Waals surface area (Å²) in [5.74, 6) is 7.20. The molecule has 18 heavy (non-hydrogen) atoms. The zero-order valence-corrected chi connectivity index (χ0v) is 11.1. The van der Waals surface area contributed by atoms with E-state index in [0.717, 1.165) is 5.56 Å². The second-order valence-corrected chi connectivity index (χ2v) is 4.69. The van der Waals surface area contributed by atoms with Gasteiger partial charge in [-0.2, -0.15) is 5.26 Å². The summed E-state index contributed by atoms with van der Waals surface area (Å²) in [6, 6.07) is 7.26. The van der Waals surface area contributed by atoms with Crippen LogP contribution in [-0.2, 0) is 4.79 Å². The average molecular weight is 259 g/mol. The summed E-state index contributed by atoms with van der Waals surface area (Å²) in [6.45, 7) is 1.55. The lowest BCUT2D eigenvalue weighted by Crippen LogP contribution is -1.89. The van der Waals surface area contributed by atoms with E-state index in [9.17, 15) is 4.79 Å². The molecule has 0 aromatic heterocycles. The molecule has 0 amide bonds. The molecule has 1 aromatic rings. The molecule has 0 saturated heterocycles. The summed E-state index contributed by atoms with van der Waals surface area (Å²) in [6.07, 6.45) is 0.659. The molecule has 0 radical (unpaired) electrons. The fourth-order valence-electron chi connectivity index (χ4n) is 1.27. The average Bonchev–Trinajstić information content (AvgIpc) is 2.37. The summed E-state index contributed by atoms with van der Waals surface area (Å²) in [5, 5.41) is 8.95. The number of hydrogen-bond donors (Lipinski definition) is 0. The number of benzene rings is 1. The van der Waals surface area contributed by atoms with E-state index in [4.69, 9.17) is 10.00 Å². The molecule has 0 unspecified atom stereocenters. The normalized spacial score (nSPS) is 8.94. The van der Waals surface area contributed by atoms with Gasteiger partial charge in [0, 0.05) is 24.7 Å². The van der Waals surface area contributed by atoms with Crippen molar-refractivity contribution in [2.75, 3.05) is 12.9 Å². The molecular weight excluding hydrogens is 246 g/mol. The van der Waals surface area contributed by atoms with Crippen molar-refractivity contribution in [1.29, 1.82) is 5.26 Å². The summed E-state index contributed by atoms with van der Waals surface area (Å²) in [5.41, 5.74) is 1.30. The van der Waals surface area contributed by atoms with Crippen molar-refractivity contribution in [2.45, 2.75) is 13.3 Å². The Bertz CT molecular complexity index is 535. The molecule has 0 bridgehead atoms. The molecule has 0 saturated carbocycles. The first-order chi connectivity index (χ1) is 8.67. The van der Waals surface area contributed by atoms with Crippen LogP contribution in [0.1, 0.15) is 24.5 Å². The number of thioether (sulfide) groups is 1. The van der Waals surface area contributed by atoms with Crippen molar-refractivity contribution in [2.24, 2.45) is 0 Å². The van der Waals surface area contributed by atoms with Crippen LogP contribution in [-0.4, -0.2) is 18.0 Å². The van der Waals surface area contributed by atoms with Gasteiger partial charge < -0.3 is 4.74 Å². The zero-order chi connectivity index (χ0) is 13.4. The quantitative estimate of drug-likeness (QED) is 0.618. The lowest BCUT2D eigenvalue weighted by atomic mass is 10.1. The van der Waals surface area contributed by atoms with Crippen LogP contribution in [0.3, 0.4) is 0 Å². The Kier molecular flexibility index (Phi) is 5.84. The molecule has 1 rings (SSSR count). The highest BCUT2D eigenvalue weighted by atomic mass is 32.2. The van der Waals surface area contributed by atoms with Gasteiger partial charge in [-0.05, 0) is 18.2 Å². The number of hydrogen-bond acceptors (Lipinski definition) is 4. The highest BCUT2D eigenvalue weighted by molar-refractivity contribution is 8.13. The minimum Gasteiger partial charge on any atom is -0.495 e. The molecule has 0 aliphatic heterocycles. The first-order valence-electron chi connectivity index (χ1n) is 5.37. The van der Waals surface area contributed by atoms with Gasteiger partial charge in [0.05, 0.1) is 12.7 Å². The van der Waals surface area contributed by atoms with Crippen LogP contribution < -0.4 is 4.74 Å². The van der Waals surface area contributed by atoms with Gasteiger partial charge in [-0.3, -0.25) is 4.79 Å². The van der Waals surface area contributed by atoms with Crippen LogP contribution in [0.5, 0.6) is 5.75 Å². The van der Waals surface area contributed by atoms with Crippen LogP contribution in [0.15, 0.2) is 18.2 Å². The fraction of sp³-hybridized carbons (Fsp3) is 0.286. The lowest BCUT2D eigenvalue weighted by molar-refractivity contribution is -0.109. The van der Waals surface area contributed by atoms with Gasteiger partial charge in [-0.15, -0.1) is 0 Å². The van der Waals surface area contributed by atoms with Crippen LogP contribution in [0.4, 0.5) is 0 Å². The van der Waals surface area contributed by atoms with Gasteiger partial charge in [-0.1, -0.05) is 23.6 Å². The van der Waals surface area contributed by atoms with E-state index in [0.29, 0.717) is 23.5 Å². The largest absolute Gasteiger partial charge is 0.495 e. The smallest absolute Gasteiger partial charge is 0.185 e. The van der Waals surface area contributed by atoms with Crippen molar-refractivity contribution < 1.29 is 9.53 Å². The molecule has 0 atom stereocenters. The van der Waals surface area contributed by atoms with Gasteiger partial charge in [0.2, 0.25) is 0 Å². The number of methoxy groups -OCH3 is 1. The lowest BCUT2D eigenvalue weighted by Gasteiger charge is -2.01. The van der Waals surface area contributed by atoms with Gasteiger partial charge >= 0.3 is 0 Å². The van der Waals surface area contributed by atoms with E-state index < -0.39 is 0 Å². The van der Waals surface area contributed by atoms with Crippen LogP contribution in [0, 0.1) is 23.2 Å². The topological polar surface area (TPSA) is 50.1 Å².